The number of carbonyl (C=O) groups is 1. The number of nitrogens with one attached hydrogen (secondary N) is 1. The van der Waals surface area contributed by atoms with Gasteiger partial charge in [-0.1, -0.05) is 28.1 Å². The minimum Gasteiger partial charge on any atom is -0.490 e. The van der Waals surface area contributed by atoms with E-state index in [1.807, 2.05) is 43.3 Å². The van der Waals surface area contributed by atoms with Gasteiger partial charge in [0.2, 0.25) is 0 Å². The quantitative estimate of drug-likeness (QED) is 0.219. The smallest absolute Gasteiger partial charge is 0.264 e. The lowest BCUT2D eigenvalue weighted by Gasteiger charge is -2.15. The van der Waals surface area contributed by atoms with Crippen LogP contribution in [0.3, 0.4) is 0 Å². The highest BCUT2D eigenvalue weighted by molar-refractivity contribution is 14.1. The Morgan fingerprint density at radius 3 is 2.56 bits per heavy atom. The molecule has 0 saturated carbocycles. The van der Waals surface area contributed by atoms with Crippen molar-refractivity contribution in [2.45, 2.75) is 13.5 Å². The molecule has 34 heavy (non-hydrogen) atoms. The van der Waals surface area contributed by atoms with Crippen molar-refractivity contribution < 1.29 is 18.7 Å². The Balaban J connectivity index is 1.54. The minimum atomic E-state index is -0.336. The molecular formula is C25H19BrFIN2O3S. The Morgan fingerprint density at radius 2 is 1.85 bits per heavy atom. The Hall–Kier alpha value is -2.37. The Morgan fingerprint density at radius 1 is 1.12 bits per heavy atom. The molecule has 1 N–H and O–H groups in total. The number of carbonyl (C=O) groups excluding carboxylic acids is 1. The lowest BCUT2D eigenvalue weighted by atomic mass is 10.2. The van der Waals surface area contributed by atoms with E-state index in [2.05, 4.69) is 48.8 Å². The molecule has 0 unspecified atom stereocenters. The number of amidine groups is 1. The zero-order valence-corrected chi connectivity index (χ0v) is 22.5. The fraction of sp³-hybridized carbons (Fsp3) is 0.120. The van der Waals surface area contributed by atoms with Crippen LogP contribution in [-0.2, 0) is 11.4 Å². The van der Waals surface area contributed by atoms with Crippen LogP contribution in [0.25, 0.3) is 6.08 Å². The molecule has 0 radical (unpaired) electrons. The lowest BCUT2D eigenvalue weighted by molar-refractivity contribution is -0.115. The predicted molar refractivity (Wildman–Crippen MR) is 146 cm³/mol. The molecule has 1 saturated heterocycles. The molecule has 0 bridgehead atoms. The molecule has 0 aliphatic carbocycles. The van der Waals surface area contributed by atoms with Crippen molar-refractivity contribution in [1.29, 1.82) is 0 Å². The summed E-state index contributed by atoms with van der Waals surface area (Å²) in [6, 6.07) is 17.5. The molecule has 1 amide bonds. The molecular weight excluding hydrogens is 634 g/mol. The van der Waals surface area contributed by atoms with Crippen molar-refractivity contribution >= 4 is 73.1 Å². The van der Waals surface area contributed by atoms with E-state index in [-0.39, 0.29) is 11.7 Å². The average Bonchev–Trinajstić information content (AvgIpc) is 3.14. The third-order valence-corrected chi connectivity index (χ3v) is 6.87. The van der Waals surface area contributed by atoms with Crippen LogP contribution in [0.2, 0.25) is 0 Å². The van der Waals surface area contributed by atoms with Gasteiger partial charge >= 0.3 is 0 Å². The van der Waals surface area contributed by atoms with Crippen LogP contribution in [0.4, 0.5) is 10.1 Å². The van der Waals surface area contributed by atoms with Gasteiger partial charge in [-0.2, -0.15) is 0 Å². The summed E-state index contributed by atoms with van der Waals surface area (Å²) in [5, 5.41) is 3.19. The van der Waals surface area contributed by atoms with Gasteiger partial charge in [0.15, 0.2) is 16.7 Å². The summed E-state index contributed by atoms with van der Waals surface area (Å²) in [6.07, 6.45) is 1.79. The Bertz CT molecular complexity index is 1260. The van der Waals surface area contributed by atoms with Gasteiger partial charge < -0.3 is 14.8 Å². The molecule has 174 valence electrons. The second-order valence-corrected chi connectivity index (χ2v) is 10.2. The van der Waals surface area contributed by atoms with Crippen LogP contribution in [0.15, 0.2) is 75.0 Å². The highest BCUT2D eigenvalue weighted by Crippen LogP contribution is 2.37. The fourth-order valence-corrected chi connectivity index (χ4v) is 4.96. The molecule has 1 aliphatic heterocycles. The molecule has 0 atom stereocenters. The third-order valence-electron chi connectivity index (χ3n) is 4.63. The van der Waals surface area contributed by atoms with Gasteiger partial charge in [-0.15, -0.1) is 0 Å². The predicted octanol–water partition coefficient (Wildman–Crippen LogP) is 7.06. The molecule has 1 heterocycles. The molecule has 0 spiro atoms. The number of thioether (sulfide) groups is 1. The van der Waals surface area contributed by atoms with Gasteiger partial charge in [-0.05, 0) is 107 Å². The standard InChI is InChI=1S/C25H19BrFIN2O3S/c1-2-32-21-12-16(11-20(28)23(21)33-14-15-3-5-17(26)6-4-15)13-22-24(31)30-25(34-22)29-19-9-7-18(27)8-10-19/h3-13H,2,14H2,1H3,(H,29,30,31)/b22-13+. The van der Waals surface area contributed by atoms with Crippen molar-refractivity contribution in [1.82, 2.24) is 5.32 Å². The van der Waals surface area contributed by atoms with Crippen molar-refractivity contribution in [3.8, 4) is 11.5 Å². The van der Waals surface area contributed by atoms with Gasteiger partial charge in [0.25, 0.3) is 5.91 Å². The Kier molecular flexibility index (Phi) is 8.28. The lowest BCUT2D eigenvalue weighted by Crippen LogP contribution is -2.19. The maximum Gasteiger partial charge on any atom is 0.264 e. The van der Waals surface area contributed by atoms with Gasteiger partial charge in [0.05, 0.1) is 20.8 Å². The number of nitrogens with zero attached hydrogens (tertiary/aromatic N) is 1. The van der Waals surface area contributed by atoms with Gasteiger partial charge in [-0.3, -0.25) is 4.79 Å². The Labute approximate surface area is 223 Å². The van der Waals surface area contributed by atoms with E-state index in [1.54, 1.807) is 18.2 Å². The second kappa shape index (κ2) is 11.4. The monoisotopic (exact) mass is 652 g/mol. The molecule has 0 aromatic heterocycles. The van der Waals surface area contributed by atoms with Crippen LogP contribution in [-0.4, -0.2) is 17.7 Å². The fourth-order valence-electron chi connectivity index (χ4n) is 3.08. The maximum absolute atomic E-state index is 13.1. The molecule has 3 aromatic carbocycles. The van der Waals surface area contributed by atoms with Crippen LogP contribution >= 0.6 is 50.3 Å². The van der Waals surface area contributed by atoms with E-state index in [9.17, 15) is 9.18 Å². The summed E-state index contributed by atoms with van der Waals surface area (Å²) >= 11 is 6.88. The highest BCUT2D eigenvalue weighted by Gasteiger charge is 2.24. The summed E-state index contributed by atoms with van der Waals surface area (Å²) < 4.78 is 26.9. The first kappa shape index (κ1) is 24.7. The van der Waals surface area contributed by atoms with Crippen LogP contribution in [0.1, 0.15) is 18.1 Å². The average molecular weight is 653 g/mol. The summed E-state index contributed by atoms with van der Waals surface area (Å²) in [6.45, 7) is 2.80. The van der Waals surface area contributed by atoms with E-state index in [4.69, 9.17) is 9.47 Å². The zero-order chi connectivity index (χ0) is 24.1. The first-order chi connectivity index (χ1) is 16.4. The van der Waals surface area contributed by atoms with Crippen LogP contribution in [0, 0.1) is 9.39 Å². The molecule has 1 aliphatic rings. The number of benzene rings is 3. The molecule has 5 nitrogen and oxygen atoms in total. The van der Waals surface area contributed by atoms with E-state index in [0.717, 1.165) is 19.2 Å². The first-order valence-electron chi connectivity index (χ1n) is 10.3. The SMILES string of the molecule is CCOc1cc(/C=C2/SC(=Nc3ccc(F)cc3)NC2=O)cc(I)c1OCc1ccc(Br)cc1. The van der Waals surface area contributed by atoms with Crippen LogP contribution in [0.5, 0.6) is 11.5 Å². The topological polar surface area (TPSA) is 59.9 Å². The van der Waals surface area contributed by atoms with Crippen molar-refractivity contribution in [3.63, 3.8) is 0 Å². The van der Waals surface area contributed by atoms with Crippen LogP contribution < -0.4 is 14.8 Å². The number of hydrogen-bond acceptors (Lipinski definition) is 5. The molecule has 1 fully saturated rings. The molecule has 9 heteroatoms. The molecule has 4 rings (SSSR count). The van der Waals surface area contributed by atoms with Gasteiger partial charge in [0.1, 0.15) is 12.4 Å². The van der Waals surface area contributed by atoms with Crippen molar-refractivity contribution in [2.75, 3.05) is 6.61 Å². The number of hydrogen-bond donors (Lipinski definition) is 1. The highest BCUT2D eigenvalue weighted by atomic mass is 127. The second-order valence-electron chi connectivity index (χ2n) is 7.14. The van der Waals surface area contributed by atoms with E-state index >= 15 is 0 Å². The normalized spacial score (nSPS) is 15.6. The van der Waals surface area contributed by atoms with E-state index < -0.39 is 0 Å². The van der Waals surface area contributed by atoms with Crippen molar-refractivity contribution in [2.24, 2.45) is 4.99 Å². The summed E-state index contributed by atoms with van der Waals surface area (Å²) in [4.78, 5) is 17.3. The number of amides is 1. The summed E-state index contributed by atoms with van der Waals surface area (Å²) in [5.41, 5.74) is 2.41. The zero-order valence-electron chi connectivity index (χ0n) is 18.0. The van der Waals surface area contributed by atoms with Crippen molar-refractivity contribution in [3.05, 3.63) is 90.6 Å². The number of aliphatic imine (C=N–C) groups is 1. The van der Waals surface area contributed by atoms with Gasteiger partial charge in [-0.25, -0.2) is 9.38 Å². The van der Waals surface area contributed by atoms with Gasteiger partial charge in [0, 0.05) is 4.47 Å². The third kappa shape index (κ3) is 6.39. The first-order valence-corrected chi connectivity index (χ1v) is 13.0. The maximum atomic E-state index is 13.1. The largest absolute Gasteiger partial charge is 0.490 e. The number of ether oxygens (including phenoxy) is 2. The minimum absolute atomic E-state index is 0.241. The number of rotatable bonds is 7. The van der Waals surface area contributed by atoms with E-state index in [0.29, 0.717) is 40.5 Å². The summed E-state index contributed by atoms with van der Waals surface area (Å²) in [5.74, 6) is 0.697. The summed E-state index contributed by atoms with van der Waals surface area (Å²) in [7, 11) is 0. The molecule has 3 aromatic rings. The van der Waals surface area contributed by atoms with E-state index in [1.165, 1.54) is 23.9 Å². The number of halogens is 3.